The molecule has 4 aromatic rings. The van der Waals surface area contributed by atoms with E-state index in [9.17, 15) is 29.6 Å². The second kappa shape index (κ2) is 7.88. The zero-order valence-corrected chi connectivity index (χ0v) is 18.7. The Bertz CT molecular complexity index is 1600. The maximum absolute atomic E-state index is 13.6. The lowest BCUT2D eigenvalue weighted by molar-refractivity contribution is -0.384. The number of aryl methyl sites for hydroxylation is 1. The first-order chi connectivity index (χ1) is 16.7. The first-order valence-corrected chi connectivity index (χ1v) is 10.7. The molecule has 1 aliphatic rings. The van der Waals surface area contributed by atoms with Crippen LogP contribution in [0.15, 0.2) is 66.7 Å². The Labute approximate surface area is 199 Å². The molecule has 0 saturated carbocycles. The number of carboxylic acid groups (broad SMARTS) is 1. The summed E-state index contributed by atoms with van der Waals surface area (Å²) in [7, 11) is 0. The van der Waals surface area contributed by atoms with Gasteiger partial charge in [0.15, 0.2) is 0 Å². The van der Waals surface area contributed by atoms with Crippen LogP contribution in [0.3, 0.4) is 0 Å². The molecule has 2 amide bonds. The summed E-state index contributed by atoms with van der Waals surface area (Å²) in [5, 5.41) is 22.0. The Balaban J connectivity index is 1.81. The van der Waals surface area contributed by atoms with Gasteiger partial charge in [0.25, 0.3) is 17.5 Å². The SMILES string of the molecule is Cc1cccc(N2C(=O)c3cccc4c(-c5ccc(C(=O)O)cc5)c([N+](=O)[O-])cc(c34)C2=O)c1C. The van der Waals surface area contributed by atoms with Crippen LogP contribution in [0.2, 0.25) is 0 Å². The maximum atomic E-state index is 13.6. The normalized spacial score (nSPS) is 12.8. The third kappa shape index (κ3) is 3.26. The molecule has 4 aromatic carbocycles. The number of amides is 2. The highest BCUT2D eigenvalue weighted by atomic mass is 16.6. The van der Waals surface area contributed by atoms with Gasteiger partial charge in [-0.05, 0) is 60.2 Å². The van der Waals surface area contributed by atoms with Gasteiger partial charge in [-0.2, -0.15) is 0 Å². The van der Waals surface area contributed by atoms with E-state index in [1.807, 2.05) is 19.9 Å². The Morgan fingerprint density at radius 3 is 2.23 bits per heavy atom. The van der Waals surface area contributed by atoms with Crippen molar-refractivity contribution >= 4 is 39.9 Å². The van der Waals surface area contributed by atoms with Gasteiger partial charge in [0, 0.05) is 17.0 Å². The van der Waals surface area contributed by atoms with E-state index in [1.54, 1.807) is 30.3 Å². The van der Waals surface area contributed by atoms with Crippen LogP contribution in [-0.2, 0) is 0 Å². The van der Waals surface area contributed by atoms with Gasteiger partial charge in [-0.1, -0.05) is 36.4 Å². The highest BCUT2D eigenvalue weighted by Gasteiger charge is 2.37. The molecule has 8 heteroatoms. The van der Waals surface area contributed by atoms with Gasteiger partial charge in [0.05, 0.1) is 27.3 Å². The summed E-state index contributed by atoms with van der Waals surface area (Å²) in [5.74, 6) is -2.27. The van der Waals surface area contributed by atoms with Crippen molar-refractivity contribution in [1.29, 1.82) is 0 Å². The minimum atomic E-state index is -1.12. The first kappa shape index (κ1) is 22.0. The second-order valence-electron chi connectivity index (χ2n) is 8.35. The summed E-state index contributed by atoms with van der Waals surface area (Å²) in [6.45, 7) is 3.69. The van der Waals surface area contributed by atoms with Crippen molar-refractivity contribution < 1.29 is 24.4 Å². The number of carbonyl (C=O) groups is 3. The molecule has 1 N–H and O–H groups in total. The monoisotopic (exact) mass is 466 g/mol. The Kier molecular flexibility index (Phi) is 4.94. The van der Waals surface area contributed by atoms with Crippen molar-refractivity contribution in [3.63, 3.8) is 0 Å². The molecule has 8 nitrogen and oxygen atoms in total. The zero-order chi connectivity index (χ0) is 25.0. The topological polar surface area (TPSA) is 118 Å². The maximum Gasteiger partial charge on any atom is 0.335 e. The molecule has 0 saturated heterocycles. The fourth-order valence-electron chi connectivity index (χ4n) is 4.57. The Hall–Kier alpha value is -4.85. The van der Waals surface area contributed by atoms with Crippen LogP contribution < -0.4 is 4.90 Å². The van der Waals surface area contributed by atoms with E-state index in [2.05, 4.69) is 0 Å². The van der Waals surface area contributed by atoms with E-state index >= 15 is 0 Å². The van der Waals surface area contributed by atoms with Crippen molar-refractivity contribution in [3.05, 3.63) is 105 Å². The van der Waals surface area contributed by atoms with Crippen LogP contribution >= 0.6 is 0 Å². The lowest BCUT2D eigenvalue weighted by Gasteiger charge is -2.29. The summed E-state index contributed by atoms with van der Waals surface area (Å²) < 4.78 is 0. The Morgan fingerprint density at radius 1 is 0.914 bits per heavy atom. The fourth-order valence-corrected chi connectivity index (χ4v) is 4.57. The fraction of sp³-hybridized carbons (Fsp3) is 0.0741. The van der Waals surface area contributed by atoms with Crippen LogP contribution in [0.5, 0.6) is 0 Å². The summed E-state index contributed by atoms with van der Waals surface area (Å²) in [5.41, 5.74) is 2.76. The van der Waals surface area contributed by atoms with E-state index in [0.29, 0.717) is 22.0 Å². The molecule has 0 atom stereocenters. The largest absolute Gasteiger partial charge is 0.478 e. The van der Waals surface area contributed by atoms with Gasteiger partial charge in [0.2, 0.25) is 0 Å². The van der Waals surface area contributed by atoms with Gasteiger partial charge in [-0.15, -0.1) is 0 Å². The molecule has 0 aliphatic carbocycles. The van der Waals surface area contributed by atoms with Crippen LogP contribution in [0.1, 0.15) is 42.2 Å². The molecule has 0 aromatic heterocycles. The summed E-state index contributed by atoms with van der Waals surface area (Å²) in [6, 6.07) is 17.0. The quantitative estimate of drug-likeness (QED) is 0.240. The second-order valence-corrected chi connectivity index (χ2v) is 8.35. The van der Waals surface area contributed by atoms with Crippen molar-refractivity contribution in [1.82, 2.24) is 0 Å². The number of benzene rings is 4. The van der Waals surface area contributed by atoms with Crippen LogP contribution in [0, 0.1) is 24.0 Å². The zero-order valence-electron chi connectivity index (χ0n) is 18.7. The van der Waals surface area contributed by atoms with Crippen LogP contribution in [0.4, 0.5) is 11.4 Å². The predicted octanol–water partition coefficient (Wildman–Crippen LogP) is 5.53. The minimum Gasteiger partial charge on any atom is -0.478 e. The van der Waals surface area contributed by atoms with Crippen LogP contribution in [-0.4, -0.2) is 27.8 Å². The number of anilines is 1. The summed E-state index contributed by atoms with van der Waals surface area (Å²) in [6.07, 6.45) is 0. The smallest absolute Gasteiger partial charge is 0.335 e. The molecule has 0 radical (unpaired) electrons. The van der Waals surface area contributed by atoms with E-state index in [0.717, 1.165) is 16.0 Å². The molecular weight excluding hydrogens is 448 g/mol. The molecule has 0 spiro atoms. The molecule has 0 bridgehead atoms. The number of nitrogens with zero attached hydrogens (tertiary/aromatic N) is 2. The number of carboxylic acids is 1. The molecule has 1 aliphatic heterocycles. The molecule has 0 unspecified atom stereocenters. The van der Waals surface area contributed by atoms with Gasteiger partial charge in [0.1, 0.15) is 0 Å². The first-order valence-electron chi connectivity index (χ1n) is 10.7. The lowest BCUT2D eigenvalue weighted by Crippen LogP contribution is -2.41. The third-order valence-electron chi connectivity index (χ3n) is 6.44. The number of hydrogen-bond acceptors (Lipinski definition) is 5. The molecule has 0 fully saturated rings. The third-order valence-corrected chi connectivity index (χ3v) is 6.44. The van der Waals surface area contributed by atoms with Crippen molar-refractivity contribution in [2.75, 3.05) is 4.90 Å². The van der Waals surface area contributed by atoms with Crippen LogP contribution in [0.25, 0.3) is 21.9 Å². The van der Waals surface area contributed by atoms with E-state index in [-0.39, 0.29) is 27.9 Å². The van der Waals surface area contributed by atoms with Gasteiger partial charge >= 0.3 is 5.97 Å². The minimum absolute atomic E-state index is 0.0358. The van der Waals surface area contributed by atoms with E-state index in [1.165, 1.54) is 30.3 Å². The summed E-state index contributed by atoms with van der Waals surface area (Å²) in [4.78, 5) is 51.1. The predicted molar refractivity (Wildman–Crippen MR) is 130 cm³/mol. The lowest BCUT2D eigenvalue weighted by atomic mass is 9.87. The van der Waals surface area contributed by atoms with Gasteiger partial charge in [-0.25, -0.2) is 9.69 Å². The van der Waals surface area contributed by atoms with Gasteiger partial charge in [-0.3, -0.25) is 19.7 Å². The molecule has 1 heterocycles. The number of carbonyl (C=O) groups excluding carboxylic acids is 2. The molecule has 172 valence electrons. The average molecular weight is 466 g/mol. The number of nitro benzene ring substituents is 1. The Morgan fingerprint density at radius 2 is 1.57 bits per heavy atom. The highest BCUT2D eigenvalue weighted by Crippen LogP contribution is 2.43. The number of aromatic carboxylic acids is 1. The number of nitro groups is 1. The van der Waals surface area contributed by atoms with Crippen molar-refractivity contribution in [2.24, 2.45) is 0 Å². The molecular formula is C27H18N2O6. The number of hydrogen-bond donors (Lipinski definition) is 1. The highest BCUT2D eigenvalue weighted by molar-refractivity contribution is 6.37. The van der Waals surface area contributed by atoms with Crippen molar-refractivity contribution in [3.8, 4) is 11.1 Å². The number of rotatable bonds is 4. The summed E-state index contributed by atoms with van der Waals surface area (Å²) >= 11 is 0. The average Bonchev–Trinajstić information content (AvgIpc) is 2.84. The van der Waals surface area contributed by atoms with Gasteiger partial charge < -0.3 is 5.11 Å². The molecule has 5 rings (SSSR count). The number of imide groups is 1. The standard InChI is InChI=1S/C27H18N2O6/c1-14-5-3-8-21(15(14)2)28-25(30)19-7-4-6-18-23(16-9-11-17(12-10-16)27(32)33)22(29(34)35)13-20(24(18)19)26(28)31/h3-13H,1-2H3,(H,32,33). The molecule has 35 heavy (non-hydrogen) atoms. The van der Waals surface area contributed by atoms with Crippen molar-refractivity contribution in [2.45, 2.75) is 13.8 Å². The van der Waals surface area contributed by atoms with E-state index in [4.69, 9.17) is 0 Å². The van der Waals surface area contributed by atoms with E-state index < -0.39 is 22.7 Å².